The van der Waals surface area contributed by atoms with Crippen molar-refractivity contribution >= 4 is 28.8 Å². The first-order valence-corrected chi connectivity index (χ1v) is 14.6. The number of carboxylic acids is 1. The number of aromatic carboxylic acids is 1. The molecule has 0 saturated carbocycles. The second-order valence-corrected chi connectivity index (χ2v) is 10.9. The van der Waals surface area contributed by atoms with E-state index in [0.29, 0.717) is 35.6 Å². The predicted molar refractivity (Wildman–Crippen MR) is 164 cm³/mol. The molecule has 0 spiro atoms. The fourth-order valence-corrected chi connectivity index (χ4v) is 5.07. The van der Waals surface area contributed by atoms with Crippen molar-refractivity contribution in [2.45, 2.75) is 32.1 Å². The number of imidazole rings is 1. The Balaban J connectivity index is 1.18. The number of pyridine rings is 2. The van der Waals surface area contributed by atoms with Crippen molar-refractivity contribution in [2.75, 3.05) is 13.2 Å². The van der Waals surface area contributed by atoms with E-state index in [1.165, 1.54) is 30.5 Å². The average Bonchev–Trinajstić information content (AvgIpc) is 3.38. The standard InChI is InChI=1S/C33H28F2N6O6/c34-23-13-22(25-2-1-3-31(40-25)47-17-18-4-6-27(37-14-18)32(43)38-15-29(36)42)24(35)10-20(23)12-30-39-26-7-5-19(33(44)45)11-28(26)41(30)16-21-8-9-46-21/h1-7,10-11,13-14,21H,8-9,12,15-17H2,(H2,36,42)(H,38,43)(H,44,45)/t21-/m0/s1. The molecule has 0 unspecified atom stereocenters. The highest BCUT2D eigenvalue weighted by Gasteiger charge is 2.24. The van der Waals surface area contributed by atoms with Crippen LogP contribution < -0.4 is 15.8 Å². The number of carboxylic acid groups (broad SMARTS) is 1. The zero-order chi connectivity index (χ0) is 33.1. The number of aromatic nitrogens is 4. The van der Waals surface area contributed by atoms with Crippen molar-refractivity contribution in [2.24, 2.45) is 5.73 Å². The molecule has 2 amide bonds. The van der Waals surface area contributed by atoms with E-state index in [-0.39, 0.29) is 59.6 Å². The average molecular weight is 643 g/mol. The Bertz CT molecular complexity index is 1990. The molecule has 6 rings (SSSR count). The van der Waals surface area contributed by atoms with Gasteiger partial charge in [0, 0.05) is 36.4 Å². The summed E-state index contributed by atoms with van der Waals surface area (Å²) in [6.07, 6.45) is 2.13. The third kappa shape index (κ3) is 7.07. The largest absolute Gasteiger partial charge is 0.478 e. The Kier molecular flexibility index (Phi) is 8.84. The maximum absolute atomic E-state index is 15.5. The Hall–Kier alpha value is -5.76. The Morgan fingerprint density at radius 3 is 2.60 bits per heavy atom. The first-order chi connectivity index (χ1) is 22.6. The molecular weight excluding hydrogens is 614 g/mol. The van der Waals surface area contributed by atoms with Gasteiger partial charge in [0.1, 0.15) is 29.8 Å². The molecule has 0 aliphatic carbocycles. The molecule has 1 saturated heterocycles. The van der Waals surface area contributed by atoms with E-state index < -0.39 is 29.4 Å². The molecule has 4 N–H and O–H groups in total. The molecule has 0 radical (unpaired) electrons. The van der Waals surface area contributed by atoms with Gasteiger partial charge in [0.25, 0.3) is 5.91 Å². The van der Waals surface area contributed by atoms with Crippen LogP contribution in [0.5, 0.6) is 5.88 Å². The van der Waals surface area contributed by atoms with E-state index in [0.717, 1.165) is 18.6 Å². The third-order valence-electron chi connectivity index (χ3n) is 7.61. The number of hydrogen-bond acceptors (Lipinski definition) is 8. The number of fused-ring (bicyclic) bond motifs is 1. The molecule has 3 aromatic heterocycles. The molecule has 1 aliphatic heterocycles. The molecular formula is C33H28F2N6O6. The minimum atomic E-state index is -1.08. The van der Waals surface area contributed by atoms with E-state index in [4.69, 9.17) is 15.2 Å². The van der Waals surface area contributed by atoms with Crippen LogP contribution in [-0.4, -0.2) is 61.7 Å². The van der Waals surface area contributed by atoms with Gasteiger partial charge in [0.15, 0.2) is 0 Å². The molecule has 4 heterocycles. The number of benzene rings is 2. The number of halogens is 2. The second kappa shape index (κ2) is 13.3. The number of amides is 2. The van der Waals surface area contributed by atoms with Crippen LogP contribution in [0.25, 0.3) is 22.3 Å². The molecule has 5 aromatic rings. The topological polar surface area (TPSA) is 172 Å². The number of carbonyl (C=O) groups excluding carboxylic acids is 2. The molecule has 47 heavy (non-hydrogen) atoms. The molecule has 240 valence electrons. The van der Waals surface area contributed by atoms with Crippen molar-refractivity contribution in [3.05, 3.63) is 107 Å². The lowest BCUT2D eigenvalue weighted by Crippen LogP contribution is -2.33. The van der Waals surface area contributed by atoms with Gasteiger partial charge in [-0.05, 0) is 54.4 Å². The van der Waals surface area contributed by atoms with Gasteiger partial charge in [0.05, 0.1) is 41.5 Å². The maximum atomic E-state index is 15.5. The van der Waals surface area contributed by atoms with Gasteiger partial charge in [-0.3, -0.25) is 14.6 Å². The van der Waals surface area contributed by atoms with E-state index in [2.05, 4.69) is 20.3 Å². The quantitative estimate of drug-likeness (QED) is 0.184. The number of ether oxygens (including phenoxy) is 2. The Morgan fingerprint density at radius 1 is 1.06 bits per heavy atom. The zero-order valence-corrected chi connectivity index (χ0v) is 24.8. The van der Waals surface area contributed by atoms with Crippen LogP contribution in [-0.2, 0) is 29.1 Å². The molecule has 1 atom stereocenters. The van der Waals surface area contributed by atoms with Crippen LogP contribution in [0.15, 0.2) is 66.9 Å². The van der Waals surface area contributed by atoms with Crippen molar-refractivity contribution in [1.82, 2.24) is 24.8 Å². The summed E-state index contributed by atoms with van der Waals surface area (Å²) in [6.45, 7) is 0.750. The number of hydrogen-bond donors (Lipinski definition) is 3. The van der Waals surface area contributed by atoms with Crippen LogP contribution in [0.2, 0.25) is 0 Å². The number of carbonyl (C=O) groups is 3. The summed E-state index contributed by atoms with van der Waals surface area (Å²) in [5.74, 6) is -3.06. The van der Waals surface area contributed by atoms with Gasteiger partial charge in [0.2, 0.25) is 11.8 Å². The highest BCUT2D eigenvalue weighted by atomic mass is 19.1. The smallest absolute Gasteiger partial charge is 0.335 e. The fourth-order valence-electron chi connectivity index (χ4n) is 5.07. The van der Waals surface area contributed by atoms with Crippen LogP contribution in [0, 0.1) is 11.6 Å². The first kappa shape index (κ1) is 31.2. The molecule has 14 heteroatoms. The van der Waals surface area contributed by atoms with Gasteiger partial charge in [-0.25, -0.2) is 23.5 Å². The van der Waals surface area contributed by atoms with Crippen molar-refractivity contribution in [1.29, 1.82) is 0 Å². The van der Waals surface area contributed by atoms with Crippen LogP contribution in [0.3, 0.4) is 0 Å². The van der Waals surface area contributed by atoms with Gasteiger partial charge in [-0.15, -0.1) is 0 Å². The number of nitrogens with one attached hydrogen (secondary N) is 1. The summed E-state index contributed by atoms with van der Waals surface area (Å²) in [7, 11) is 0. The molecule has 12 nitrogen and oxygen atoms in total. The lowest BCUT2D eigenvalue weighted by Gasteiger charge is -2.27. The minimum Gasteiger partial charge on any atom is -0.478 e. The lowest BCUT2D eigenvalue weighted by molar-refractivity contribution is -0.117. The van der Waals surface area contributed by atoms with Crippen LogP contribution in [0.4, 0.5) is 8.78 Å². The summed E-state index contributed by atoms with van der Waals surface area (Å²) in [4.78, 5) is 47.4. The van der Waals surface area contributed by atoms with E-state index in [1.807, 2.05) is 0 Å². The summed E-state index contributed by atoms with van der Waals surface area (Å²) in [6, 6.07) is 14.5. The summed E-state index contributed by atoms with van der Waals surface area (Å²) < 4.78 is 44.1. The SMILES string of the molecule is NC(=O)CNC(=O)c1ccc(COc2cccc(-c3cc(F)c(Cc4nc5ccc(C(=O)O)cc5n4C[C@@H]4CCO4)cc3F)n2)cn1. The summed E-state index contributed by atoms with van der Waals surface area (Å²) in [5.41, 5.74) is 7.10. The fraction of sp³-hybridized carbons (Fsp3) is 0.212. The van der Waals surface area contributed by atoms with Crippen molar-refractivity contribution < 1.29 is 37.7 Å². The van der Waals surface area contributed by atoms with E-state index in [1.54, 1.807) is 28.8 Å². The van der Waals surface area contributed by atoms with Crippen molar-refractivity contribution in [3.8, 4) is 17.1 Å². The highest BCUT2D eigenvalue weighted by molar-refractivity contribution is 5.94. The molecule has 0 bridgehead atoms. The maximum Gasteiger partial charge on any atom is 0.335 e. The molecule has 1 aliphatic rings. The first-order valence-electron chi connectivity index (χ1n) is 14.6. The van der Waals surface area contributed by atoms with E-state index >= 15 is 8.78 Å². The third-order valence-corrected chi connectivity index (χ3v) is 7.61. The summed E-state index contributed by atoms with van der Waals surface area (Å²) in [5, 5.41) is 11.8. The zero-order valence-electron chi connectivity index (χ0n) is 24.8. The number of rotatable bonds is 12. The Morgan fingerprint density at radius 2 is 1.89 bits per heavy atom. The monoisotopic (exact) mass is 642 g/mol. The molecule has 2 aromatic carbocycles. The van der Waals surface area contributed by atoms with Gasteiger partial charge >= 0.3 is 5.97 Å². The predicted octanol–water partition coefficient (Wildman–Crippen LogP) is 3.64. The van der Waals surface area contributed by atoms with Crippen molar-refractivity contribution in [3.63, 3.8) is 0 Å². The Labute approximate surface area is 266 Å². The summed E-state index contributed by atoms with van der Waals surface area (Å²) >= 11 is 0. The van der Waals surface area contributed by atoms with Gasteiger partial charge in [-0.2, -0.15) is 0 Å². The number of nitrogens with two attached hydrogens (primary N) is 1. The highest BCUT2D eigenvalue weighted by Crippen LogP contribution is 2.29. The second-order valence-electron chi connectivity index (χ2n) is 10.9. The lowest BCUT2D eigenvalue weighted by atomic mass is 10.0. The van der Waals surface area contributed by atoms with Gasteiger partial charge in [-0.1, -0.05) is 12.1 Å². The van der Waals surface area contributed by atoms with Gasteiger partial charge < -0.3 is 30.2 Å². The number of primary amides is 1. The van der Waals surface area contributed by atoms with Crippen LogP contribution in [0.1, 0.15) is 44.2 Å². The van der Waals surface area contributed by atoms with E-state index in [9.17, 15) is 19.5 Å². The minimum absolute atomic E-state index is 0.0310. The number of nitrogens with zero attached hydrogens (tertiary/aromatic N) is 4. The van der Waals surface area contributed by atoms with Crippen LogP contribution >= 0.6 is 0 Å². The normalized spacial score (nSPS) is 14.0. The molecule has 1 fully saturated rings.